The Morgan fingerprint density at radius 3 is 2.59 bits per heavy atom. The average Bonchev–Trinajstić information content (AvgIpc) is 2.88. The van der Waals surface area contributed by atoms with Crippen LogP contribution in [0.1, 0.15) is 25.3 Å². The van der Waals surface area contributed by atoms with Crippen LogP contribution in [0.4, 0.5) is 11.4 Å². The summed E-state index contributed by atoms with van der Waals surface area (Å²) >= 11 is 0. The smallest absolute Gasteiger partial charge is 0.227 e. The molecule has 0 aliphatic carbocycles. The second-order valence-electron chi connectivity index (χ2n) is 8.06. The highest BCUT2D eigenvalue weighted by Crippen LogP contribution is 2.35. The minimum Gasteiger partial charge on any atom is -0.497 e. The lowest BCUT2D eigenvalue weighted by molar-refractivity contribution is -0.120. The third kappa shape index (κ3) is 4.69. The van der Waals surface area contributed by atoms with Gasteiger partial charge in [-0.2, -0.15) is 5.26 Å². The lowest BCUT2D eigenvalue weighted by Crippen LogP contribution is -2.38. The number of rotatable bonds is 7. The van der Waals surface area contributed by atoms with Gasteiger partial charge >= 0.3 is 0 Å². The molecule has 0 unspecified atom stereocenters. The number of carbonyl (C=O) groups is 1. The fourth-order valence-corrected chi connectivity index (χ4v) is 4.35. The predicted molar refractivity (Wildman–Crippen MR) is 131 cm³/mol. The van der Waals surface area contributed by atoms with Crippen LogP contribution in [-0.4, -0.2) is 44.8 Å². The van der Waals surface area contributed by atoms with Crippen molar-refractivity contribution in [2.45, 2.75) is 19.8 Å². The fourth-order valence-electron chi connectivity index (χ4n) is 4.35. The third-order valence-corrected chi connectivity index (χ3v) is 6.09. The van der Waals surface area contributed by atoms with Gasteiger partial charge in [0.15, 0.2) is 0 Å². The van der Waals surface area contributed by atoms with Crippen molar-refractivity contribution in [3.8, 4) is 23.3 Å². The van der Waals surface area contributed by atoms with Gasteiger partial charge in [0, 0.05) is 36.7 Å². The largest absolute Gasteiger partial charge is 0.497 e. The van der Waals surface area contributed by atoms with Crippen molar-refractivity contribution in [2.75, 3.05) is 44.1 Å². The molecule has 1 amide bonds. The van der Waals surface area contributed by atoms with E-state index in [4.69, 9.17) is 14.2 Å². The fraction of sp³-hybridized carbons (Fsp3) is 0.346. The van der Waals surface area contributed by atoms with Gasteiger partial charge in [0.2, 0.25) is 5.91 Å². The van der Waals surface area contributed by atoms with Crippen molar-refractivity contribution in [3.63, 3.8) is 0 Å². The Morgan fingerprint density at radius 2 is 1.91 bits per heavy atom. The lowest BCUT2D eigenvalue weighted by atomic mass is 9.94. The highest BCUT2D eigenvalue weighted by atomic mass is 16.5. The maximum absolute atomic E-state index is 13.0. The maximum Gasteiger partial charge on any atom is 0.227 e. The molecule has 8 heteroatoms. The number of anilines is 2. The van der Waals surface area contributed by atoms with Gasteiger partial charge in [-0.3, -0.25) is 9.78 Å². The molecule has 0 atom stereocenters. The summed E-state index contributed by atoms with van der Waals surface area (Å²) in [6.07, 6.45) is 2.95. The number of nitrogens with one attached hydrogen (secondary N) is 1. The molecule has 0 bridgehead atoms. The molecule has 4 rings (SSSR count). The summed E-state index contributed by atoms with van der Waals surface area (Å²) < 4.78 is 16.3. The molecule has 0 spiro atoms. The number of methoxy groups -OCH3 is 2. The molecule has 0 saturated carbocycles. The first-order chi connectivity index (χ1) is 16.6. The molecule has 2 aromatic carbocycles. The van der Waals surface area contributed by atoms with Gasteiger partial charge in [-0.05, 0) is 50.1 Å². The highest BCUT2D eigenvalue weighted by Gasteiger charge is 2.28. The number of carbonyl (C=O) groups excluding carboxylic acids is 1. The van der Waals surface area contributed by atoms with Crippen LogP contribution in [0.15, 0.2) is 42.6 Å². The van der Waals surface area contributed by atoms with Crippen molar-refractivity contribution in [1.82, 2.24) is 4.98 Å². The topological polar surface area (TPSA) is 96.7 Å². The number of amides is 1. The second kappa shape index (κ2) is 10.3. The van der Waals surface area contributed by atoms with E-state index in [1.807, 2.05) is 25.1 Å². The number of hydrogen-bond acceptors (Lipinski definition) is 7. The van der Waals surface area contributed by atoms with Crippen LogP contribution in [0.25, 0.3) is 10.9 Å². The van der Waals surface area contributed by atoms with Gasteiger partial charge in [-0.1, -0.05) is 0 Å². The van der Waals surface area contributed by atoms with Gasteiger partial charge in [-0.15, -0.1) is 0 Å². The number of aromatic nitrogens is 1. The number of benzene rings is 2. The molecule has 1 fully saturated rings. The summed E-state index contributed by atoms with van der Waals surface area (Å²) in [5, 5.41) is 13.6. The lowest BCUT2D eigenvalue weighted by Gasteiger charge is -2.34. The minimum absolute atomic E-state index is 0.0510. The van der Waals surface area contributed by atoms with Gasteiger partial charge < -0.3 is 24.4 Å². The van der Waals surface area contributed by atoms with E-state index in [2.05, 4.69) is 21.3 Å². The van der Waals surface area contributed by atoms with Gasteiger partial charge in [0.05, 0.1) is 43.3 Å². The Balaban J connectivity index is 1.52. The van der Waals surface area contributed by atoms with Crippen LogP contribution in [0.5, 0.6) is 17.2 Å². The zero-order valence-electron chi connectivity index (χ0n) is 19.6. The number of ether oxygens (including phenoxy) is 3. The molecule has 34 heavy (non-hydrogen) atoms. The first kappa shape index (κ1) is 23.2. The third-order valence-electron chi connectivity index (χ3n) is 6.09. The monoisotopic (exact) mass is 460 g/mol. The van der Waals surface area contributed by atoms with Crippen molar-refractivity contribution in [1.29, 1.82) is 5.26 Å². The summed E-state index contributed by atoms with van der Waals surface area (Å²) in [6, 6.07) is 13.3. The first-order valence-corrected chi connectivity index (χ1v) is 11.3. The predicted octanol–water partition coefficient (Wildman–Crippen LogP) is 4.38. The molecule has 8 nitrogen and oxygen atoms in total. The normalized spacial score (nSPS) is 13.9. The molecule has 3 aromatic rings. The molecule has 176 valence electrons. The molecule has 1 aliphatic heterocycles. The average molecular weight is 461 g/mol. The van der Waals surface area contributed by atoms with Crippen molar-refractivity contribution >= 4 is 28.2 Å². The van der Waals surface area contributed by atoms with Gasteiger partial charge in [0.25, 0.3) is 0 Å². The Bertz CT molecular complexity index is 1230. The SMILES string of the molecule is CCOc1ccc2ncc(C#N)c(N3CCC(C(=O)Nc4cc(OC)ccc4OC)CC3)c2c1. The standard InChI is InChI=1S/C26H28N4O4/c1-4-34-20-5-7-22-21(13-20)25(18(15-27)16-28-22)30-11-9-17(10-12-30)26(31)29-23-14-19(32-2)6-8-24(23)33-3/h5-8,13-14,16-17H,4,9-12H2,1-3H3,(H,29,31). The van der Waals surface area contributed by atoms with Crippen molar-refractivity contribution < 1.29 is 19.0 Å². The summed E-state index contributed by atoms with van der Waals surface area (Å²) in [5.41, 5.74) is 2.76. The summed E-state index contributed by atoms with van der Waals surface area (Å²) in [4.78, 5) is 19.6. The number of nitriles is 1. The van der Waals surface area contributed by atoms with E-state index in [1.54, 1.807) is 38.6 Å². The van der Waals surface area contributed by atoms with Crippen molar-refractivity contribution in [2.24, 2.45) is 5.92 Å². The van der Waals surface area contributed by atoms with Crippen LogP contribution in [-0.2, 0) is 4.79 Å². The number of pyridine rings is 1. The molecule has 1 aromatic heterocycles. The quantitative estimate of drug-likeness (QED) is 0.559. The van der Waals surface area contributed by atoms with Crippen molar-refractivity contribution in [3.05, 3.63) is 48.2 Å². The minimum atomic E-state index is -0.148. The summed E-state index contributed by atoms with van der Waals surface area (Å²) in [6.45, 7) is 3.80. The van der Waals surface area contributed by atoms with E-state index in [0.717, 1.165) is 22.3 Å². The first-order valence-electron chi connectivity index (χ1n) is 11.3. The molecular formula is C26H28N4O4. The zero-order chi connectivity index (χ0) is 24.1. The van der Waals surface area contributed by atoms with Crippen LogP contribution in [0, 0.1) is 17.2 Å². The second-order valence-corrected chi connectivity index (χ2v) is 8.06. The van der Waals surface area contributed by atoms with E-state index >= 15 is 0 Å². The molecule has 1 saturated heterocycles. The summed E-state index contributed by atoms with van der Waals surface area (Å²) in [7, 11) is 3.15. The van der Waals surface area contributed by atoms with Gasteiger partial charge in [-0.25, -0.2) is 0 Å². The highest BCUT2D eigenvalue weighted by molar-refractivity contribution is 5.96. The Morgan fingerprint density at radius 1 is 1.15 bits per heavy atom. The Labute approximate surface area is 199 Å². The molecule has 2 heterocycles. The van der Waals surface area contributed by atoms with Gasteiger partial charge in [0.1, 0.15) is 23.3 Å². The van der Waals surface area contributed by atoms with E-state index < -0.39 is 0 Å². The Kier molecular flexibility index (Phi) is 7.02. The Hall–Kier alpha value is -3.99. The van der Waals surface area contributed by atoms with Crippen LogP contribution >= 0.6 is 0 Å². The molecule has 0 radical (unpaired) electrons. The van der Waals surface area contributed by atoms with Crippen LogP contribution in [0.2, 0.25) is 0 Å². The maximum atomic E-state index is 13.0. The van der Waals surface area contributed by atoms with Crippen LogP contribution < -0.4 is 24.4 Å². The molecule has 1 aliphatic rings. The summed E-state index contributed by atoms with van der Waals surface area (Å²) in [5.74, 6) is 1.77. The number of fused-ring (bicyclic) bond motifs is 1. The van der Waals surface area contributed by atoms with E-state index in [0.29, 0.717) is 55.3 Å². The van der Waals surface area contributed by atoms with E-state index in [1.165, 1.54) is 0 Å². The van der Waals surface area contributed by atoms with E-state index in [-0.39, 0.29) is 11.8 Å². The number of hydrogen-bond donors (Lipinski definition) is 1. The zero-order valence-corrected chi connectivity index (χ0v) is 19.6. The number of piperidine rings is 1. The molecule has 1 N–H and O–H groups in total. The number of nitrogens with zero attached hydrogens (tertiary/aromatic N) is 3. The molecular weight excluding hydrogens is 432 g/mol. The van der Waals surface area contributed by atoms with E-state index in [9.17, 15) is 10.1 Å². The van der Waals surface area contributed by atoms with Crippen LogP contribution in [0.3, 0.4) is 0 Å².